The van der Waals surface area contributed by atoms with E-state index in [1.807, 2.05) is 20.8 Å². The quantitative estimate of drug-likeness (QED) is 0.645. The number of hydrogen-bond acceptors (Lipinski definition) is 6. The zero-order valence-electron chi connectivity index (χ0n) is 15.2. The van der Waals surface area contributed by atoms with Crippen molar-refractivity contribution in [1.29, 1.82) is 0 Å². The van der Waals surface area contributed by atoms with Crippen molar-refractivity contribution in [3.8, 4) is 0 Å². The van der Waals surface area contributed by atoms with Gasteiger partial charge in [-0.15, -0.1) is 0 Å². The van der Waals surface area contributed by atoms with E-state index >= 15 is 0 Å². The van der Waals surface area contributed by atoms with Crippen molar-refractivity contribution < 1.29 is 28.6 Å². The molecule has 4 rings (SSSR count). The Morgan fingerprint density at radius 3 is 2.88 bits per heavy atom. The summed E-state index contributed by atoms with van der Waals surface area (Å²) >= 11 is 0. The van der Waals surface area contributed by atoms with Crippen LogP contribution in [0.3, 0.4) is 0 Å². The van der Waals surface area contributed by atoms with Crippen molar-refractivity contribution >= 4 is 11.9 Å². The van der Waals surface area contributed by atoms with Crippen molar-refractivity contribution in [2.45, 2.75) is 57.8 Å². The molecule has 0 aromatic carbocycles. The minimum absolute atomic E-state index is 0.0588. The van der Waals surface area contributed by atoms with E-state index in [-0.39, 0.29) is 35.6 Å². The summed E-state index contributed by atoms with van der Waals surface area (Å²) in [6.07, 6.45) is 2.48. The zero-order valence-corrected chi connectivity index (χ0v) is 15.2. The van der Waals surface area contributed by atoms with Crippen LogP contribution in [0.5, 0.6) is 0 Å². The summed E-state index contributed by atoms with van der Waals surface area (Å²) in [6, 6.07) is 3.19. The molecule has 1 aromatic heterocycles. The fourth-order valence-electron chi connectivity index (χ4n) is 4.79. The first kappa shape index (κ1) is 17.3. The third kappa shape index (κ3) is 2.58. The van der Waals surface area contributed by atoms with Crippen LogP contribution in [-0.2, 0) is 14.3 Å². The molecule has 140 valence electrons. The topological polar surface area (TPSA) is 86.0 Å². The van der Waals surface area contributed by atoms with Gasteiger partial charge < -0.3 is 19.0 Å². The van der Waals surface area contributed by atoms with Gasteiger partial charge in [0.1, 0.15) is 12.2 Å². The van der Waals surface area contributed by atoms with Crippen LogP contribution in [-0.4, -0.2) is 34.9 Å². The Labute approximate surface area is 152 Å². The van der Waals surface area contributed by atoms with Crippen LogP contribution in [0.1, 0.15) is 50.6 Å². The second kappa shape index (κ2) is 5.98. The maximum absolute atomic E-state index is 12.3. The highest BCUT2D eigenvalue weighted by molar-refractivity contribution is 5.86. The summed E-state index contributed by atoms with van der Waals surface area (Å²) in [6.45, 7) is 5.63. The minimum Gasteiger partial charge on any atom is -0.457 e. The monoisotopic (exact) mass is 360 g/mol. The van der Waals surface area contributed by atoms with Crippen molar-refractivity contribution in [1.82, 2.24) is 0 Å². The molecule has 3 aliphatic rings. The van der Waals surface area contributed by atoms with Gasteiger partial charge in [0.2, 0.25) is 5.76 Å². The molecule has 26 heavy (non-hydrogen) atoms. The molecule has 2 heterocycles. The molecule has 6 atom stereocenters. The van der Waals surface area contributed by atoms with E-state index in [0.717, 1.165) is 17.6 Å². The molecular formula is C20H24O6. The fraction of sp³-hybridized carbons (Fsp3) is 0.600. The smallest absolute Gasteiger partial charge is 0.374 e. The standard InChI is InChI=1S/C20H24O6/c1-10-12-6-7-20(3,23)13-9-15(25-19(22)14-5-4-8-24-14)11(2)16(13)17(12)26-18(10)21/h4-5,8,10,12-13,15,17,23H,6-7,9H2,1-3H3/t10-,12-,13?,15-,17-,20+/m0/s1. The summed E-state index contributed by atoms with van der Waals surface area (Å²) < 4.78 is 16.5. The summed E-state index contributed by atoms with van der Waals surface area (Å²) in [7, 11) is 0. The summed E-state index contributed by atoms with van der Waals surface area (Å²) in [5.41, 5.74) is 0.903. The highest BCUT2D eigenvalue weighted by Gasteiger charge is 2.55. The summed E-state index contributed by atoms with van der Waals surface area (Å²) in [5, 5.41) is 11.1. The van der Waals surface area contributed by atoms with E-state index in [0.29, 0.717) is 12.8 Å². The molecule has 6 nitrogen and oxygen atoms in total. The van der Waals surface area contributed by atoms with Gasteiger partial charge in [0.15, 0.2) is 0 Å². The molecule has 1 saturated carbocycles. The molecule has 0 amide bonds. The molecule has 1 saturated heterocycles. The predicted molar refractivity (Wildman–Crippen MR) is 91.1 cm³/mol. The van der Waals surface area contributed by atoms with Crippen LogP contribution < -0.4 is 0 Å². The molecule has 0 bridgehead atoms. The summed E-state index contributed by atoms with van der Waals surface area (Å²) in [5.74, 6) is -0.866. The second-order valence-electron chi connectivity index (χ2n) is 8.00. The Balaban J connectivity index is 1.66. The van der Waals surface area contributed by atoms with Crippen LogP contribution in [0, 0.1) is 17.8 Å². The fourth-order valence-corrected chi connectivity index (χ4v) is 4.79. The first-order chi connectivity index (χ1) is 12.3. The molecule has 6 heteroatoms. The Morgan fingerprint density at radius 2 is 2.19 bits per heavy atom. The third-order valence-electron chi connectivity index (χ3n) is 6.42. The molecule has 1 aromatic rings. The van der Waals surface area contributed by atoms with Gasteiger partial charge in [0, 0.05) is 11.8 Å². The number of fused-ring (bicyclic) bond motifs is 3. The minimum atomic E-state index is -0.918. The SMILES string of the molecule is CC1=C2C(C[C@@H]1OC(=O)c1ccco1)[C@](C)(O)CC[C@H]1[C@H](C)C(=O)O[C@H]21. The number of ether oxygens (including phenoxy) is 2. The van der Waals surface area contributed by atoms with Crippen molar-refractivity contribution in [3.05, 3.63) is 35.3 Å². The first-order valence-corrected chi connectivity index (χ1v) is 9.17. The molecule has 0 spiro atoms. The Bertz CT molecular complexity index is 759. The van der Waals surface area contributed by atoms with Gasteiger partial charge in [0.05, 0.1) is 17.8 Å². The van der Waals surface area contributed by atoms with E-state index in [4.69, 9.17) is 13.9 Å². The van der Waals surface area contributed by atoms with Crippen LogP contribution in [0.2, 0.25) is 0 Å². The maximum Gasteiger partial charge on any atom is 0.374 e. The normalized spacial score (nSPS) is 39.2. The van der Waals surface area contributed by atoms with E-state index in [2.05, 4.69) is 0 Å². The molecular weight excluding hydrogens is 336 g/mol. The van der Waals surface area contributed by atoms with Gasteiger partial charge in [-0.3, -0.25) is 4.79 Å². The molecule has 1 unspecified atom stereocenters. The molecule has 0 radical (unpaired) electrons. The number of hydrogen-bond donors (Lipinski definition) is 1. The zero-order chi connectivity index (χ0) is 18.6. The highest BCUT2D eigenvalue weighted by atomic mass is 16.6. The Hall–Kier alpha value is -2.08. The maximum atomic E-state index is 12.3. The first-order valence-electron chi connectivity index (χ1n) is 9.17. The lowest BCUT2D eigenvalue weighted by Gasteiger charge is -2.31. The highest BCUT2D eigenvalue weighted by Crippen LogP contribution is 2.52. The van der Waals surface area contributed by atoms with Gasteiger partial charge >= 0.3 is 11.9 Å². The van der Waals surface area contributed by atoms with Crippen molar-refractivity contribution in [3.63, 3.8) is 0 Å². The van der Waals surface area contributed by atoms with Crippen LogP contribution >= 0.6 is 0 Å². The lowest BCUT2D eigenvalue weighted by molar-refractivity contribution is -0.143. The van der Waals surface area contributed by atoms with Crippen molar-refractivity contribution in [2.75, 3.05) is 0 Å². The second-order valence-corrected chi connectivity index (χ2v) is 8.00. The van der Waals surface area contributed by atoms with Crippen LogP contribution in [0.15, 0.2) is 34.0 Å². The van der Waals surface area contributed by atoms with Crippen molar-refractivity contribution in [2.24, 2.45) is 17.8 Å². The number of carbonyl (C=O) groups excluding carboxylic acids is 2. The Morgan fingerprint density at radius 1 is 1.42 bits per heavy atom. The number of furan rings is 1. The summed E-state index contributed by atoms with van der Waals surface area (Å²) in [4.78, 5) is 24.4. The largest absolute Gasteiger partial charge is 0.457 e. The molecule has 1 aliphatic heterocycles. The number of carbonyl (C=O) groups is 2. The van der Waals surface area contributed by atoms with Gasteiger partial charge in [-0.1, -0.05) is 6.92 Å². The molecule has 2 fully saturated rings. The number of esters is 2. The van der Waals surface area contributed by atoms with Gasteiger partial charge in [0.25, 0.3) is 0 Å². The van der Waals surface area contributed by atoms with E-state index in [9.17, 15) is 14.7 Å². The van der Waals surface area contributed by atoms with E-state index in [1.54, 1.807) is 12.1 Å². The van der Waals surface area contributed by atoms with Gasteiger partial charge in [-0.25, -0.2) is 4.79 Å². The average molecular weight is 360 g/mol. The third-order valence-corrected chi connectivity index (χ3v) is 6.42. The number of rotatable bonds is 2. The molecule has 2 aliphatic carbocycles. The lowest BCUT2D eigenvalue weighted by Crippen LogP contribution is -2.35. The Kier molecular flexibility index (Phi) is 3.99. The molecule has 1 N–H and O–H groups in total. The van der Waals surface area contributed by atoms with E-state index in [1.165, 1.54) is 6.26 Å². The van der Waals surface area contributed by atoms with E-state index < -0.39 is 17.7 Å². The van der Waals surface area contributed by atoms with Gasteiger partial charge in [-0.05, 0) is 56.4 Å². The number of aliphatic hydroxyl groups is 1. The predicted octanol–water partition coefficient (Wildman–Crippen LogP) is 2.86. The average Bonchev–Trinajstić information content (AvgIpc) is 3.26. The van der Waals surface area contributed by atoms with Crippen LogP contribution in [0.25, 0.3) is 0 Å². The van der Waals surface area contributed by atoms with Crippen LogP contribution in [0.4, 0.5) is 0 Å². The van der Waals surface area contributed by atoms with Gasteiger partial charge in [-0.2, -0.15) is 0 Å². The lowest BCUT2D eigenvalue weighted by atomic mass is 9.81.